The molecule has 3 aromatic carbocycles. The first-order valence-electron chi connectivity index (χ1n) is 11.4. The summed E-state index contributed by atoms with van der Waals surface area (Å²) in [6.45, 7) is 6.02. The zero-order valence-electron chi connectivity index (χ0n) is 18.6. The summed E-state index contributed by atoms with van der Waals surface area (Å²) in [5, 5.41) is 11.7. The number of carbonyl (C=O) groups is 1. The van der Waals surface area contributed by atoms with E-state index in [1.807, 2.05) is 54.6 Å². The molecular weight excluding hydrogens is 398 g/mol. The summed E-state index contributed by atoms with van der Waals surface area (Å²) < 4.78 is 6.02. The summed E-state index contributed by atoms with van der Waals surface area (Å²) >= 11 is 0. The molecular formula is C28H29NO3. The zero-order valence-corrected chi connectivity index (χ0v) is 18.6. The number of hydrogen-bond donors (Lipinski definition) is 1. The molecule has 1 saturated heterocycles. The molecule has 2 aliphatic rings. The third-order valence-corrected chi connectivity index (χ3v) is 7.14. The highest BCUT2D eigenvalue weighted by Crippen LogP contribution is 2.48. The molecule has 0 aromatic heterocycles. The first kappa shape index (κ1) is 20.9. The Kier molecular flexibility index (Phi) is 5.15. The average Bonchev–Trinajstić information content (AvgIpc) is 3.10. The highest BCUT2D eigenvalue weighted by atomic mass is 16.6. The van der Waals surface area contributed by atoms with E-state index < -0.39 is 11.6 Å². The van der Waals surface area contributed by atoms with E-state index in [9.17, 15) is 9.90 Å². The number of carbonyl (C=O) groups excluding carboxylic acids is 1. The second-order valence-electron chi connectivity index (χ2n) is 9.34. The molecule has 1 aliphatic heterocycles. The van der Waals surface area contributed by atoms with Crippen molar-refractivity contribution in [3.8, 4) is 11.1 Å². The summed E-state index contributed by atoms with van der Waals surface area (Å²) in [6.07, 6.45) is 1.48. The minimum absolute atomic E-state index is 0.171. The molecule has 164 valence electrons. The molecule has 0 bridgehead atoms. The molecule has 4 heteroatoms. The summed E-state index contributed by atoms with van der Waals surface area (Å²) in [5.41, 5.74) is 2.27. The molecule has 0 amide bonds. The van der Waals surface area contributed by atoms with Gasteiger partial charge in [-0.05, 0) is 49.9 Å². The highest BCUT2D eigenvalue weighted by Gasteiger charge is 2.50. The molecule has 0 unspecified atom stereocenters. The van der Waals surface area contributed by atoms with E-state index in [2.05, 4.69) is 43.0 Å². The Hall–Kier alpha value is -2.95. The number of piperidine rings is 1. The van der Waals surface area contributed by atoms with Gasteiger partial charge < -0.3 is 9.84 Å². The van der Waals surface area contributed by atoms with Crippen LogP contribution in [-0.2, 0) is 20.7 Å². The van der Waals surface area contributed by atoms with Gasteiger partial charge in [-0.25, -0.2) is 4.79 Å². The zero-order chi connectivity index (χ0) is 22.3. The van der Waals surface area contributed by atoms with Crippen LogP contribution < -0.4 is 0 Å². The number of esters is 1. The number of aliphatic hydroxyl groups is 1. The van der Waals surface area contributed by atoms with Crippen molar-refractivity contribution in [1.82, 2.24) is 4.90 Å². The van der Waals surface area contributed by atoms with Crippen molar-refractivity contribution in [1.29, 1.82) is 0 Å². The first-order chi connectivity index (χ1) is 15.4. The van der Waals surface area contributed by atoms with Gasteiger partial charge in [-0.3, -0.25) is 4.90 Å². The van der Waals surface area contributed by atoms with Gasteiger partial charge in [0.05, 0.1) is 0 Å². The number of benzene rings is 3. The Morgan fingerprint density at radius 1 is 0.938 bits per heavy atom. The predicted octanol–water partition coefficient (Wildman–Crippen LogP) is 4.85. The standard InChI is InChI=1S/C28H29NO3/c1-27(2,20-11-4-3-5-12-20)29-18-10-13-21(19-29)32-26(30)28(31)24-16-8-6-14-22(24)23-15-7-9-17-25(23)28/h3-9,11-12,14-17,21,31H,10,13,18-19H2,1-2H3/t21-/m1/s1. The van der Waals surface area contributed by atoms with Crippen LogP contribution in [0.3, 0.4) is 0 Å². The molecule has 0 spiro atoms. The lowest BCUT2D eigenvalue weighted by Crippen LogP contribution is -2.51. The normalized spacial score (nSPS) is 19.8. The van der Waals surface area contributed by atoms with Crippen LogP contribution in [0.1, 0.15) is 43.4 Å². The summed E-state index contributed by atoms with van der Waals surface area (Å²) in [5.74, 6) is -0.584. The van der Waals surface area contributed by atoms with Crippen LogP contribution in [0.4, 0.5) is 0 Å². The number of rotatable bonds is 4. The Morgan fingerprint density at radius 2 is 1.50 bits per heavy atom. The molecule has 1 heterocycles. The van der Waals surface area contributed by atoms with Crippen molar-refractivity contribution in [3.05, 3.63) is 95.6 Å². The van der Waals surface area contributed by atoms with Gasteiger partial charge in [-0.1, -0.05) is 78.9 Å². The van der Waals surface area contributed by atoms with Gasteiger partial charge in [0.1, 0.15) is 6.10 Å². The third-order valence-electron chi connectivity index (χ3n) is 7.14. The highest BCUT2D eigenvalue weighted by molar-refractivity contribution is 5.96. The van der Waals surface area contributed by atoms with Crippen LogP contribution in [0, 0.1) is 0 Å². The predicted molar refractivity (Wildman–Crippen MR) is 125 cm³/mol. The average molecular weight is 428 g/mol. The van der Waals surface area contributed by atoms with E-state index >= 15 is 0 Å². The molecule has 4 nitrogen and oxygen atoms in total. The fourth-order valence-electron chi connectivity index (χ4n) is 5.24. The fourth-order valence-corrected chi connectivity index (χ4v) is 5.24. The van der Waals surface area contributed by atoms with Gasteiger partial charge in [-0.15, -0.1) is 0 Å². The van der Waals surface area contributed by atoms with Gasteiger partial charge in [0.25, 0.3) is 0 Å². The summed E-state index contributed by atoms with van der Waals surface area (Å²) in [7, 11) is 0. The van der Waals surface area contributed by atoms with E-state index in [4.69, 9.17) is 4.74 Å². The number of hydrogen-bond acceptors (Lipinski definition) is 4. The van der Waals surface area contributed by atoms with Crippen LogP contribution in [0.2, 0.25) is 0 Å². The number of ether oxygens (including phenoxy) is 1. The Bertz CT molecular complexity index is 1090. The van der Waals surface area contributed by atoms with Crippen LogP contribution in [-0.4, -0.2) is 35.2 Å². The SMILES string of the molecule is CC(C)(c1ccccc1)N1CCC[C@@H](OC(=O)C2(O)c3ccccc3-c3ccccc32)C1. The van der Waals surface area contributed by atoms with Crippen LogP contribution in [0.25, 0.3) is 11.1 Å². The molecule has 0 saturated carbocycles. The maximum atomic E-state index is 13.5. The summed E-state index contributed by atoms with van der Waals surface area (Å²) in [4.78, 5) is 15.9. The minimum Gasteiger partial charge on any atom is -0.458 e. The van der Waals surface area contributed by atoms with Gasteiger partial charge in [-0.2, -0.15) is 0 Å². The van der Waals surface area contributed by atoms with E-state index in [1.54, 1.807) is 0 Å². The maximum Gasteiger partial charge on any atom is 0.348 e. The third kappa shape index (κ3) is 3.26. The van der Waals surface area contributed by atoms with Crippen LogP contribution in [0.5, 0.6) is 0 Å². The smallest absolute Gasteiger partial charge is 0.348 e. The van der Waals surface area contributed by atoms with Gasteiger partial charge >= 0.3 is 5.97 Å². The largest absolute Gasteiger partial charge is 0.458 e. The molecule has 32 heavy (non-hydrogen) atoms. The topological polar surface area (TPSA) is 49.8 Å². The van der Waals surface area contributed by atoms with Crippen molar-refractivity contribution >= 4 is 5.97 Å². The quantitative estimate of drug-likeness (QED) is 0.605. The van der Waals surface area contributed by atoms with Crippen molar-refractivity contribution in [2.24, 2.45) is 0 Å². The Morgan fingerprint density at radius 3 is 2.12 bits per heavy atom. The van der Waals surface area contributed by atoms with E-state index in [0.29, 0.717) is 17.7 Å². The Labute approximate surface area is 189 Å². The van der Waals surface area contributed by atoms with Gasteiger partial charge in [0.15, 0.2) is 0 Å². The number of nitrogens with zero attached hydrogens (tertiary/aromatic N) is 1. The van der Waals surface area contributed by atoms with Gasteiger partial charge in [0, 0.05) is 23.2 Å². The lowest BCUT2D eigenvalue weighted by Gasteiger charge is -2.44. The number of fused-ring (bicyclic) bond motifs is 3. The monoisotopic (exact) mass is 427 g/mol. The number of likely N-dealkylation sites (tertiary alicyclic amines) is 1. The van der Waals surface area contributed by atoms with E-state index in [1.165, 1.54) is 5.56 Å². The van der Waals surface area contributed by atoms with Crippen molar-refractivity contribution in [2.45, 2.75) is 43.9 Å². The minimum atomic E-state index is -1.77. The molecule has 3 aromatic rings. The van der Waals surface area contributed by atoms with Crippen LogP contribution >= 0.6 is 0 Å². The van der Waals surface area contributed by atoms with Crippen molar-refractivity contribution < 1.29 is 14.6 Å². The first-order valence-corrected chi connectivity index (χ1v) is 11.4. The second kappa shape index (κ2) is 7.88. The van der Waals surface area contributed by atoms with Crippen LogP contribution in [0.15, 0.2) is 78.9 Å². The van der Waals surface area contributed by atoms with Crippen molar-refractivity contribution in [3.63, 3.8) is 0 Å². The lowest BCUT2D eigenvalue weighted by molar-refractivity contribution is -0.171. The summed E-state index contributed by atoms with van der Waals surface area (Å²) in [6, 6.07) is 25.5. The second-order valence-corrected chi connectivity index (χ2v) is 9.34. The van der Waals surface area contributed by atoms with Gasteiger partial charge in [0.2, 0.25) is 5.60 Å². The molecule has 1 fully saturated rings. The van der Waals surface area contributed by atoms with Crippen molar-refractivity contribution in [2.75, 3.05) is 13.1 Å². The lowest BCUT2D eigenvalue weighted by atomic mass is 9.89. The Balaban J connectivity index is 1.40. The molecule has 5 rings (SSSR count). The molecule has 1 atom stereocenters. The maximum absolute atomic E-state index is 13.5. The van der Waals surface area contributed by atoms with E-state index in [-0.39, 0.29) is 11.6 Å². The molecule has 1 aliphatic carbocycles. The fraction of sp³-hybridized carbons (Fsp3) is 0.321. The molecule has 0 radical (unpaired) electrons. The van der Waals surface area contributed by atoms with E-state index in [0.717, 1.165) is 30.5 Å². The molecule has 1 N–H and O–H groups in total.